The molecule has 2 atom stereocenters. The van der Waals surface area contributed by atoms with Gasteiger partial charge in [0.1, 0.15) is 0 Å². The Bertz CT molecular complexity index is 374. The van der Waals surface area contributed by atoms with Gasteiger partial charge in [-0.1, -0.05) is 38.3 Å². The molecule has 0 heterocycles. The van der Waals surface area contributed by atoms with Crippen LogP contribution in [-0.4, -0.2) is 13.1 Å². The van der Waals surface area contributed by atoms with Crippen molar-refractivity contribution < 1.29 is 0 Å². The van der Waals surface area contributed by atoms with E-state index in [0.29, 0.717) is 0 Å². The maximum Gasteiger partial charge on any atom is 0.0130 e. The number of hydrogen-bond donors (Lipinski definition) is 1. The fourth-order valence-electron chi connectivity index (χ4n) is 3.39. The molecule has 1 nitrogen and oxygen atoms in total. The zero-order chi connectivity index (χ0) is 14.2. The van der Waals surface area contributed by atoms with Crippen molar-refractivity contribution in [2.75, 3.05) is 13.1 Å². The summed E-state index contributed by atoms with van der Waals surface area (Å²) in [6, 6.07) is 9.14. The largest absolute Gasteiger partial charge is 0.316 e. The van der Waals surface area contributed by atoms with E-state index in [0.717, 1.165) is 11.8 Å². The van der Waals surface area contributed by atoms with Crippen molar-refractivity contribution in [1.29, 1.82) is 0 Å². The molecular formula is C18H28IN. The molecular weight excluding hydrogens is 357 g/mol. The Hall–Kier alpha value is -0.0900. The van der Waals surface area contributed by atoms with Crippen LogP contribution in [0.25, 0.3) is 0 Å². The molecule has 0 aromatic heterocycles. The molecule has 1 saturated carbocycles. The first-order valence-electron chi connectivity index (χ1n) is 8.24. The minimum absolute atomic E-state index is 0.877. The maximum absolute atomic E-state index is 3.66. The van der Waals surface area contributed by atoms with E-state index < -0.39 is 0 Å². The van der Waals surface area contributed by atoms with Crippen LogP contribution in [0.4, 0.5) is 0 Å². The Balaban J connectivity index is 1.94. The number of hydrogen-bond acceptors (Lipinski definition) is 1. The molecule has 1 aliphatic rings. The second-order valence-electron chi connectivity index (χ2n) is 6.19. The summed E-state index contributed by atoms with van der Waals surface area (Å²) in [6.45, 7) is 4.65. The van der Waals surface area contributed by atoms with E-state index in [1.54, 1.807) is 0 Å². The number of rotatable bonds is 6. The molecule has 1 fully saturated rings. The second kappa shape index (κ2) is 9.04. The molecule has 0 amide bonds. The minimum atomic E-state index is 0.877. The van der Waals surface area contributed by atoms with Crippen molar-refractivity contribution in [2.24, 2.45) is 11.8 Å². The van der Waals surface area contributed by atoms with Crippen molar-refractivity contribution >= 4 is 22.6 Å². The molecule has 1 aliphatic carbocycles. The van der Waals surface area contributed by atoms with E-state index in [1.807, 2.05) is 0 Å². The van der Waals surface area contributed by atoms with Crippen molar-refractivity contribution in [1.82, 2.24) is 5.32 Å². The monoisotopic (exact) mass is 385 g/mol. The third kappa shape index (κ3) is 5.36. The van der Waals surface area contributed by atoms with Crippen LogP contribution in [-0.2, 0) is 6.42 Å². The Morgan fingerprint density at radius 1 is 1.05 bits per heavy atom. The third-order valence-electron chi connectivity index (χ3n) is 4.56. The first-order valence-corrected chi connectivity index (χ1v) is 9.32. The van der Waals surface area contributed by atoms with Gasteiger partial charge in [0, 0.05) is 3.57 Å². The van der Waals surface area contributed by atoms with Crippen LogP contribution in [0.15, 0.2) is 24.3 Å². The van der Waals surface area contributed by atoms with Crippen LogP contribution < -0.4 is 5.32 Å². The average Bonchev–Trinajstić information content (AvgIpc) is 2.67. The number of nitrogens with one attached hydrogen (secondary N) is 1. The second-order valence-corrected chi connectivity index (χ2v) is 7.44. The Kier molecular flexibility index (Phi) is 7.36. The van der Waals surface area contributed by atoms with Crippen LogP contribution in [0.5, 0.6) is 0 Å². The lowest BCUT2D eigenvalue weighted by atomic mass is 9.83. The van der Waals surface area contributed by atoms with Crippen LogP contribution in [0.1, 0.15) is 51.0 Å². The fourth-order valence-corrected chi connectivity index (χ4v) is 3.75. The minimum Gasteiger partial charge on any atom is -0.316 e. The number of benzene rings is 1. The highest BCUT2D eigenvalue weighted by molar-refractivity contribution is 14.1. The van der Waals surface area contributed by atoms with Crippen LogP contribution in [0.3, 0.4) is 0 Å². The summed E-state index contributed by atoms with van der Waals surface area (Å²) in [5.74, 6) is 1.75. The highest BCUT2D eigenvalue weighted by Crippen LogP contribution is 2.31. The molecule has 0 spiro atoms. The predicted octanol–water partition coefficient (Wildman–Crippen LogP) is 5.03. The van der Waals surface area contributed by atoms with Gasteiger partial charge in [0.05, 0.1) is 0 Å². The predicted molar refractivity (Wildman–Crippen MR) is 96.1 cm³/mol. The molecule has 1 aromatic rings. The van der Waals surface area contributed by atoms with Crippen molar-refractivity contribution in [2.45, 2.75) is 51.9 Å². The first kappa shape index (κ1) is 16.3. The molecule has 20 heavy (non-hydrogen) atoms. The first-order chi connectivity index (χ1) is 9.79. The lowest BCUT2D eigenvalue weighted by Gasteiger charge is -2.25. The van der Waals surface area contributed by atoms with Crippen LogP contribution in [0.2, 0.25) is 0 Å². The van der Waals surface area contributed by atoms with Gasteiger partial charge in [-0.2, -0.15) is 0 Å². The lowest BCUT2D eigenvalue weighted by Crippen LogP contribution is -2.29. The molecule has 1 aromatic carbocycles. The zero-order valence-corrected chi connectivity index (χ0v) is 14.9. The smallest absolute Gasteiger partial charge is 0.0130 e. The fraction of sp³-hybridized carbons (Fsp3) is 0.667. The van der Waals surface area contributed by atoms with Gasteiger partial charge in [-0.05, 0) is 90.9 Å². The van der Waals surface area contributed by atoms with E-state index in [2.05, 4.69) is 59.1 Å². The van der Waals surface area contributed by atoms with E-state index in [-0.39, 0.29) is 0 Å². The summed E-state index contributed by atoms with van der Waals surface area (Å²) < 4.78 is 1.34. The SMILES string of the molecule is CCCNCC1CCCCCC1Cc1ccc(I)cc1. The summed E-state index contributed by atoms with van der Waals surface area (Å²) in [4.78, 5) is 0. The molecule has 2 unspecified atom stereocenters. The van der Waals surface area contributed by atoms with Crippen molar-refractivity contribution in [3.63, 3.8) is 0 Å². The van der Waals surface area contributed by atoms with Gasteiger partial charge in [-0.15, -0.1) is 0 Å². The Morgan fingerprint density at radius 3 is 2.45 bits per heavy atom. The van der Waals surface area contributed by atoms with Gasteiger partial charge in [-0.3, -0.25) is 0 Å². The van der Waals surface area contributed by atoms with Crippen molar-refractivity contribution in [3.8, 4) is 0 Å². The molecule has 0 bridgehead atoms. The molecule has 0 aliphatic heterocycles. The van der Waals surface area contributed by atoms with E-state index >= 15 is 0 Å². The van der Waals surface area contributed by atoms with E-state index in [9.17, 15) is 0 Å². The summed E-state index contributed by atoms with van der Waals surface area (Å²) in [5, 5.41) is 3.66. The van der Waals surface area contributed by atoms with Gasteiger partial charge in [0.25, 0.3) is 0 Å². The number of halogens is 1. The maximum atomic E-state index is 3.66. The topological polar surface area (TPSA) is 12.0 Å². The van der Waals surface area contributed by atoms with Gasteiger partial charge in [0.15, 0.2) is 0 Å². The standard InChI is InChI=1S/C18H28IN/c1-2-12-20-14-17-7-5-3-4-6-16(17)13-15-8-10-18(19)11-9-15/h8-11,16-17,20H,2-7,12-14H2,1H3. The molecule has 2 rings (SSSR count). The molecule has 0 radical (unpaired) electrons. The highest BCUT2D eigenvalue weighted by Gasteiger charge is 2.23. The Labute approximate surface area is 138 Å². The summed E-state index contributed by atoms with van der Waals surface area (Å²) >= 11 is 2.39. The van der Waals surface area contributed by atoms with E-state index in [1.165, 1.54) is 67.2 Å². The summed E-state index contributed by atoms with van der Waals surface area (Å²) in [6.07, 6.45) is 9.66. The summed E-state index contributed by atoms with van der Waals surface area (Å²) in [7, 11) is 0. The average molecular weight is 385 g/mol. The van der Waals surface area contributed by atoms with Gasteiger partial charge < -0.3 is 5.32 Å². The zero-order valence-electron chi connectivity index (χ0n) is 12.7. The van der Waals surface area contributed by atoms with E-state index in [4.69, 9.17) is 0 Å². The van der Waals surface area contributed by atoms with Gasteiger partial charge in [0.2, 0.25) is 0 Å². The third-order valence-corrected chi connectivity index (χ3v) is 5.28. The van der Waals surface area contributed by atoms with Crippen LogP contribution in [0, 0.1) is 15.4 Å². The Morgan fingerprint density at radius 2 is 1.75 bits per heavy atom. The molecule has 1 N–H and O–H groups in total. The molecule has 112 valence electrons. The molecule has 2 heteroatoms. The van der Waals surface area contributed by atoms with Crippen molar-refractivity contribution in [3.05, 3.63) is 33.4 Å². The summed E-state index contributed by atoms with van der Waals surface area (Å²) in [5.41, 5.74) is 1.53. The van der Waals surface area contributed by atoms with Gasteiger partial charge >= 0.3 is 0 Å². The normalized spacial score (nSPS) is 23.5. The lowest BCUT2D eigenvalue weighted by molar-refractivity contribution is 0.298. The highest BCUT2D eigenvalue weighted by atomic mass is 127. The van der Waals surface area contributed by atoms with Gasteiger partial charge in [-0.25, -0.2) is 0 Å². The van der Waals surface area contributed by atoms with Crippen LogP contribution >= 0.6 is 22.6 Å². The quantitative estimate of drug-likeness (QED) is 0.412. The molecule has 0 saturated heterocycles.